The van der Waals surface area contributed by atoms with Gasteiger partial charge >= 0.3 is 6.09 Å². The van der Waals surface area contributed by atoms with Crippen LogP contribution < -0.4 is 16.4 Å². The summed E-state index contributed by atoms with van der Waals surface area (Å²) in [5, 5.41) is 5.55. The first-order chi connectivity index (χ1) is 9.26. The zero-order chi connectivity index (χ0) is 15.2. The van der Waals surface area contributed by atoms with Crippen molar-refractivity contribution in [2.45, 2.75) is 70.6 Å². The monoisotopic (exact) mass is 285 g/mol. The lowest BCUT2D eigenvalue weighted by molar-refractivity contribution is -0.121. The summed E-state index contributed by atoms with van der Waals surface area (Å²) in [6, 6.07) is 0.501. The minimum absolute atomic E-state index is 0.0402. The summed E-state index contributed by atoms with van der Waals surface area (Å²) in [4.78, 5) is 23.1. The Labute approximate surface area is 120 Å². The molecule has 2 amide bonds. The van der Waals surface area contributed by atoms with E-state index in [4.69, 9.17) is 10.5 Å². The third-order valence-corrected chi connectivity index (χ3v) is 3.16. The van der Waals surface area contributed by atoms with E-state index < -0.39 is 11.7 Å². The molecule has 0 aromatic carbocycles. The molecule has 0 unspecified atom stereocenters. The second kappa shape index (κ2) is 7.47. The molecule has 1 aliphatic carbocycles. The number of rotatable bonds is 4. The van der Waals surface area contributed by atoms with Crippen LogP contribution >= 0.6 is 0 Å². The molecule has 1 fully saturated rings. The van der Waals surface area contributed by atoms with E-state index in [1.54, 1.807) is 20.8 Å². The molecular weight excluding hydrogens is 258 g/mol. The van der Waals surface area contributed by atoms with E-state index in [9.17, 15) is 9.59 Å². The molecule has 0 radical (unpaired) electrons. The predicted molar refractivity (Wildman–Crippen MR) is 77.2 cm³/mol. The first-order valence-electron chi connectivity index (χ1n) is 7.28. The largest absolute Gasteiger partial charge is 0.444 e. The van der Waals surface area contributed by atoms with E-state index in [1.165, 1.54) is 0 Å². The second-order valence-corrected chi connectivity index (χ2v) is 6.36. The number of ether oxygens (including phenoxy) is 1. The van der Waals surface area contributed by atoms with Crippen molar-refractivity contribution in [2.24, 2.45) is 5.73 Å². The zero-order valence-corrected chi connectivity index (χ0v) is 12.7. The van der Waals surface area contributed by atoms with Gasteiger partial charge in [0.05, 0.1) is 0 Å². The zero-order valence-electron chi connectivity index (χ0n) is 12.7. The highest BCUT2D eigenvalue weighted by atomic mass is 16.6. The average molecular weight is 285 g/mol. The molecule has 1 rings (SSSR count). The molecule has 6 nitrogen and oxygen atoms in total. The quantitative estimate of drug-likeness (QED) is 0.725. The Morgan fingerprint density at radius 1 is 1.20 bits per heavy atom. The minimum Gasteiger partial charge on any atom is -0.444 e. The fourth-order valence-electron chi connectivity index (χ4n) is 2.16. The first kappa shape index (κ1) is 16.8. The normalized spacial score (nSPS) is 23.0. The molecule has 0 bridgehead atoms. The van der Waals surface area contributed by atoms with E-state index in [-0.39, 0.29) is 31.0 Å². The number of hydrogen-bond acceptors (Lipinski definition) is 4. The van der Waals surface area contributed by atoms with Gasteiger partial charge < -0.3 is 21.1 Å². The van der Waals surface area contributed by atoms with Gasteiger partial charge in [0, 0.05) is 25.0 Å². The number of amides is 2. The van der Waals surface area contributed by atoms with E-state index in [0.717, 1.165) is 25.7 Å². The topological polar surface area (TPSA) is 93.4 Å². The summed E-state index contributed by atoms with van der Waals surface area (Å²) in [6.45, 7) is 5.68. The first-order valence-corrected chi connectivity index (χ1v) is 7.28. The Bertz CT molecular complexity index is 331. The van der Waals surface area contributed by atoms with Crippen LogP contribution in [0.5, 0.6) is 0 Å². The number of carbonyl (C=O) groups excluding carboxylic acids is 2. The van der Waals surface area contributed by atoms with Crippen molar-refractivity contribution in [3.05, 3.63) is 0 Å². The average Bonchev–Trinajstić information content (AvgIpc) is 2.29. The number of nitrogens with one attached hydrogen (secondary N) is 2. The van der Waals surface area contributed by atoms with Gasteiger partial charge in [0.25, 0.3) is 0 Å². The van der Waals surface area contributed by atoms with E-state index in [1.807, 2.05) is 0 Å². The maximum absolute atomic E-state index is 11.7. The molecule has 0 spiro atoms. The standard InChI is InChI=1S/C14H27N3O3/c1-14(2,3)20-13(19)16-9-8-12(18)17-11-6-4-10(15)5-7-11/h10-11H,4-9,15H2,1-3H3,(H,16,19)(H,17,18). The smallest absolute Gasteiger partial charge is 0.407 e. The SMILES string of the molecule is CC(C)(C)OC(=O)NCCC(=O)NC1CCC(N)CC1. The highest BCUT2D eigenvalue weighted by Crippen LogP contribution is 2.16. The van der Waals surface area contributed by atoms with Gasteiger partial charge in [-0.15, -0.1) is 0 Å². The second-order valence-electron chi connectivity index (χ2n) is 6.36. The maximum atomic E-state index is 11.7. The van der Waals surface area contributed by atoms with Crippen LogP contribution in [0.2, 0.25) is 0 Å². The molecule has 1 aliphatic rings. The molecule has 6 heteroatoms. The molecule has 1 saturated carbocycles. The van der Waals surface area contributed by atoms with Crippen LogP contribution in [0.1, 0.15) is 52.9 Å². The number of hydrogen-bond donors (Lipinski definition) is 3. The van der Waals surface area contributed by atoms with Gasteiger partial charge in [0.15, 0.2) is 0 Å². The third-order valence-electron chi connectivity index (χ3n) is 3.16. The summed E-state index contributed by atoms with van der Waals surface area (Å²) < 4.78 is 5.09. The summed E-state index contributed by atoms with van der Waals surface area (Å²) in [5.74, 6) is -0.0402. The molecule has 0 heterocycles. The Hall–Kier alpha value is -1.30. The maximum Gasteiger partial charge on any atom is 0.407 e. The molecule has 0 saturated heterocycles. The molecular formula is C14H27N3O3. The van der Waals surface area contributed by atoms with E-state index in [0.29, 0.717) is 0 Å². The van der Waals surface area contributed by atoms with Crippen molar-refractivity contribution < 1.29 is 14.3 Å². The van der Waals surface area contributed by atoms with Gasteiger partial charge in [-0.25, -0.2) is 4.79 Å². The van der Waals surface area contributed by atoms with Crippen LogP contribution in [-0.2, 0) is 9.53 Å². The highest BCUT2D eigenvalue weighted by Gasteiger charge is 2.20. The lowest BCUT2D eigenvalue weighted by Gasteiger charge is -2.26. The fraction of sp³-hybridized carbons (Fsp3) is 0.857. The minimum atomic E-state index is -0.521. The van der Waals surface area contributed by atoms with Crippen molar-refractivity contribution in [1.29, 1.82) is 0 Å². The van der Waals surface area contributed by atoms with Crippen molar-refractivity contribution in [2.75, 3.05) is 6.54 Å². The molecule has 116 valence electrons. The Balaban J connectivity index is 2.13. The highest BCUT2D eigenvalue weighted by molar-refractivity contribution is 5.77. The third kappa shape index (κ3) is 7.33. The summed E-state index contributed by atoms with van der Waals surface area (Å²) in [6.07, 6.45) is 3.57. The molecule has 0 aromatic heterocycles. The number of carbonyl (C=O) groups is 2. The molecule has 0 aromatic rings. The van der Waals surface area contributed by atoms with Crippen LogP contribution in [0.3, 0.4) is 0 Å². The van der Waals surface area contributed by atoms with Crippen molar-refractivity contribution in [1.82, 2.24) is 10.6 Å². The summed E-state index contributed by atoms with van der Waals surface area (Å²) in [7, 11) is 0. The van der Waals surface area contributed by atoms with Gasteiger partial charge in [0.2, 0.25) is 5.91 Å². The van der Waals surface area contributed by atoms with Crippen molar-refractivity contribution in [3.63, 3.8) is 0 Å². The molecule has 20 heavy (non-hydrogen) atoms. The fourth-order valence-corrected chi connectivity index (χ4v) is 2.16. The Morgan fingerprint density at radius 3 is 2.35 bits per heavy atom. The van der Waals surface area contributed by atoms with Gasteiger partial charge in [-0.1, -0.05) is 0 Å². The van der Waals surface area contributed by atoms with Crippen LogP contribution in [0, 0.1) is 0 Å². The van der Waals surface area contributed by atoms with Crippen LogP contribution in [0.25, 0.3) is 0 Å². The van der Waals surface area contributed by atoms with Gasteiger partial charge in [-0.2, -0.15) is 0 Å². The Morgan fingerprint density at radius 2 is 1.80 bits per heavy atom. The summed E-state index contributed by atoms with van der Waals surface area (Å²) >= 11 is 0. The van der Waals surface area contributed by atoms with Crippen LogP contribution in [-0.4, -0.2) is 36.2 Å². The van der Waals surface area contributed by atoms with Crippen LogP contribution in [0.4, 0.5) is 4.79 Å². The van der Waals surface area contributed by atoms with E-state index >= 15 is 0 Å². The van der Waals surface area contributed by atoms with Gasteiger partial charge in [-0.3, -0.25) is 4.79 Å². The predicted octanol–water partition coefficient (Wildman–Crippen LogP) is 1.29. The van der Waals surface area contributed by atoms with Crippen molar-refractivity contribution >= 4 is 12.0 Å². The molecule has 0 atom stereocenters. The number of alkyl carbamates (subject to hydrolysis) is 1. The lowest BCUT2D eigenvalue weighted by atomic mass is 9.92. The van der Waals surface area contributed by atoms with Gasteiger partial charge in [0.1, 0.15) is 5.60 Å². The Kier molecular flexibility index (Phi) is 6.26. The summed E-state index contributed by atoms with van der Waals surface area (Å²) in [5.41, 5.74) is 5.30. The van der Waals surface area contributed by atoms with Gasteiger partial charge in [-0.05, 0) is 46.5 Å². The number of nitrogens with two attached hydrogens (primary N) is 1. The van der Waals surface area contributed by atoms with E-state index in [2.05, 4.69) is 10.6 Å². The molecule has 0 aliphatic heterocycles. The molecule has 4 N–H and O–H groups in total. The van der Waals surface area contributed by atoms with Crippen molar-refractivity contribution in [3.8, 4) is 0 Å². The lowest BCUT2D eigenvalue weighted by Crippen LogP contribution is -2.41. The van der Waals surface area contributed by atoms with Crippen LogP contribution in [0.15, 0.2) is 0 Å².